The van der Waals surface area contributed by atoms with Gasteiger partial charge in [-0.1, -0.05) is 18.2 Å². The van der Waals surface area contributed by atoms with Crippen molar-refractivity contribution in [3.05, 3.63) is 29.8 Å². The van der Waals surface area contributed by atoms with E-state index in [9.17, 15) is 9.90 Å². The summed E-state index contributed by atoms with van der Waals surface area (Å²) in [6.45, 7) is 0.0394. The average Bonchev–Trinajstić information content (AvgIpc) is 2.63. The predicted molar refractivity (Wildman–Crippen MR) is 72.3 cm³/mol. The van der Waals surface area contributed by atoms with Gasteiger partial charge in [0, 0.05) is 17.8 Å². The number of benzene rings is 1. The fourth-order valence-electron chi connectivity index (χ4n) is 2.66. The molecule has 6 nitrogen and oxygen atoms in total. The topological polar surface area (TPSA) is 84.8 Å². The van der Waals surface area contributed by atoms with Gasteiger partial charge in [-0.15, -0.1) is 0 Å². The molecule has 2 aliphatic rings. The number of nitrogens with one attached hydrogen (secondary N) is 2. The molecule has 0 bridgehead atoms. The summed E-state index contributed by atoms with van der Waals surface area (Å²) >= 11 is 5.14. The molecule has 0 spiro atoms. The highest BCUT2D eigenvalue weighted by Crippen LogP contribution is 2.39. The minimum Gasteiger partial charge on any atom is -0.395 e. The van der Waals surface area contributed by atoms with Crippen LogP contribution in [0, 0.1) is 0 Å². The first-order chi connectivity index (χ1) is 9.08. The molecule has 0 saturated carbocycles. The minimum atomic E-state index is -1.55. The fourth-order valence-corrected chi connectivity index (χ4v) is 3.01. The Morgan fingerprint density at radius 1 is 1.42 bits per heavy atom. The first-order valence-electron chi connectivity index (χ1n) is 5.90. The monoisotopic (exact) mass is 279 g/mol. The highest BCUT2D eigenvalue weighted by Gasteiger charge is 2.56. The average molecular weight is 279 g/mol. The molecule has 1 aromatic rings. The zero-order valence-electron chi connectivity index (χ0n) is 9.96. The van der Waals surface area contributed by atoms with Gasteiger partial charge >= 0.3 is 0 Å². The molecule has 1 amide bonds. The van der Waals surface area contributed by atoms with Gasteiger partial charge in [0.15, 0.2) is 16.9 Å². The molecule has 100 valence electrons. The van der Waals surface area contributed by atoms with Gasteiger partial charge in [0.1, 0.15) is 0 Å². The largest absolute Gasteiger partial charge is 0.395 e. The molecule has 0 aliphatic carbocycles. The van der Waals surface area contributed by atoms with Crippen LogP contribution >= 0.6 is 12.2 Å². The Kier molecular flexibility index (Phi) is 2.70. The van der Waals surface area contributed by atoms with Gasteiger partial charge in [0.05, 0.1) is 6.61 Å². The summed E-state index contributed by atoms with van der Waals surface area (Å²) in [6.07, 6.45) is 0. The molecule has 0 radical (unpaired) electrons. The van der Waals surface area contributed by atoms with Crippen molar-refractivity contribution < 1.29 is 15.0 Å². The summed E-state index contributed by atoms with van der Waals surface area (Å²) in [5.74, 6) is -0.345. The van der Waals surface area contributed by atoms with E-state index in [0.29, 0.717) is 11.3 Å². The van der Waals surface area contributed by atoms with E-state index < -0.39 is 11.8 Å². The van der Waals surface area contributed by atoms with Crippen molar-refractivity contribution in [2.24, 2.45) is 0 Å². The lowest BCUT2D eigenvalue weighted by Gasteiger charge is -2.37. The van der Waals surface area contributed by atoms with Gasteiger partial charge in [-0.25, -0.2) is 0 Å². The number of carbonyl (C=O) groups excluding carboxylic acids is 1. The zero-order chi connectivity index (χ0) is 13.6. The predicted octanol–water partition coefficient (Wildman–Crippen LogP) is -0.665. The van der Waals surface area contributed by atoms with Crippen LogP contribution in [0.15, 0.2) is 24.3 Å². The molecule has 1 aromatic carbocycles. The molecular weight excluding hydrogens is 266 g/mol. The number of anilines is 1. The van der Waals surface area contributed by atoms with E-state index in [4.69, 9.17) is 17.3 Å². The van der Waals surface area contributed by atoms with Gasteiger partial charge in [0.25, 0.3) is 5.91 Å². The number of rotatable bonds is 2. The Bertz CT molecular complexity index is 565. The number of carbonyl (C=O) groups is 1. The summed E-state index contributed by atoms with van der Waals surface area (Å²) in [7, 11) is 0. The van der Waals surface area contributed by atoms with E-state index in [1.165, 1.54) is 4.90 Å². The van der Waals surface area contributed by atoms with Crippen molar-refractivity contribution in [2.45, 2.75) is 11.8 Å². The number of β-amino-alcohol motifs (C(OH)–C–C–N with tert-alkyl or cyclic N) is 1. The van der Waals surface area contributed by atoms with Crippen LogP contribution in [-0.4, -0.2) is 45.3 Å². The molecular formula is C12H13N3O3S. The number of aliphatic hydroxyl groups is 2. The number of aliphatic hydroxyl groups excluding tert-OH is 1. The number of thiocarbonyl (C=S) groups is 1. The first-order valence-corrected chi connectivity index (χ1v) is 6.31. The highest BCUT2D eigenvalue weighted by molar-refractivity contribution is 7.80. The number of fused-ring (bicyclic) bond motifs is 3. The second kappa shape index (κ2) is 4.16. The Labute approximate surface area is 115 Å². The van der Waals surface area contributed by atoms with E-state index in [1.54, 1.807) is 24.3 Å². The lowest BCUT2D eigenvalue weighted by atomic mass is 9.90. The minimum absolute atomic E-state index is 0.149. The number of hydrogen-bond acceptors (Lipinski definition) is 4. The van der Waals surface area contributed by atoms with Gasteiger partial charge in [0.2, 0.25) is 0 Å². The number of nitrogens with zero attached hydrogens (tertiary/aromatic N) is 1. The Morgan fingerprint density at radius 3 is 2.89 bits per heavy atom. The maximum Gasteiger partial charge on any atom is 0.252 e. The van der Waals surface area contributed by atoms with E-state index in [-0.39, 0.29) is 24.2 Å². The van der Waals surface area contributed by atoms with E-state index in [0.717, 1.165) is 0 Å². The third-order valence-corrected chi connectivity index (χ3v) is 3.79. The van der Waals surface area contributed by atoms with Crippen molar-refractivity contribution in [3.63, 3.8) is 0 Å². The highest BCUT2D eigenvalue weighted by atomic mass is 32.1. The molecule has 19 heavy (non-hydrogen) atoms. The van der Waals surface area contributed by atoms with E-state index >= 15 is 0 Å². The smallest absolute Gasteiger partial charge is 0.252 e. The van der Waals surface area contributed by atoms with Gasteiger partial charge in [-0.3, -0.25) is 4.79 Å². The lowest BCUT2D eigenvalue weighted by Crippen LogP contribution is -2.57. The zero-order valence-corrected chi connectivity index (χ0v) is 10.8. The standard InChI is InChI=1S/C12H13N3O3S/c16-6-5-15-9-10(17)13-8-4-2-1-3-7(8)12(9,18)14-11(15)19/h1-4,9,16,18H,5-6H2,(H,13,17)(H,14,19). The van der Waals surface area contributed by atoms with Crippen LogP contribution in [0.3, 0.4) is 0 Å². The summed E-state index contributed by atoms with van der Waals surface area (Å²) in [5.41, 5.74) is -0.416. The number of amides is 1. The Morgan fingerprint density at radius 2 is 2.16 bits per heavy atom. The van der Waals surface area contributed by atoms with Gasteiger partial charge < -0.3 is 25.7 Å². The number of hydrogen-bond donors (Lipinski definition) is 4. The molecule has 4 N–H and O–H groups in total. The van der Waals surface area contributed by atoms with E-state index in [1.807, 2.05) is 0 Å². The van der Waals surface area contributed by atoms with Gasteiger partial charge in [-0.05, 0) is 18.3 Å². The second-order valence-corrected chi connectivity index (χ2v) is 4.94. The van der Waals surface area contributed by atoms with Crippen LogP contribution in [0.25, 0.3) is 0 Å². The van der Waals surface area contributed by atoms with Crippen molar-refractivity contribution in [3.8, 4) is 0 Å². The molecule has 3 rings (SSSR count). The summed E-state index contributed by atoms with van der Waals surface area (Å²) < 4.78 is 0. The van der Waals surface area contributed by atoms with Crippen LogP contribution < -0.4 is 10.6 Å². The van der Waals surface area contributed by atoms with Crippen molar-refractivity contribution in [1.82, 2.24) is 10.2 Å². The first kappa shape index (κ1) is 12.3. The molecule has 2 atom stereocenters. The van der Waals surface area contributed by atoms with Crippen LogP contribution in [0.2, 0.25) is 0 Å². The maximum absolute atomic E-state index is 12.2. The summed E-state index contributed by atoms with van der Waals surface area (Å²) in [4.78, 5) is 13.7. The Balaban J connectivity index is 2.12. The second-order valence-electron chi connectivity index (χ2n) is 4.55. The van der Waals surface area contributed by atoms with Crippen molar-refractivity contribution >= 4 is 28.9 Å². The summed E-state index contributed by atoms with van der Waals surface area (Å²) in [5, 5.41) is 25.7. The molecule has 0 aromatic heterocycles. The third-order valence-electron chi connectivity index (χ3n) is 3.45. The van der Waals surface area contributed by atoms with E-state index in [2.05, 4.69) is 10.6 Å². The molecule has 1 saturated heterocycles. The van der Waals surface area contributed by atoms with Gasteiger partial charge in [-0.2, -0.15) is 0 Å². The third kappa shape index (κ3) is 1.62. The summed E-state index contributed by atoms with van der Waals surface area (Å²) in [6, 6.07) is 6.15. The van der Waals surface area contributed by atoms with Crippen LogP contribution in [-0.2, 0) is 10.5 Å². The SMILES string of the molecule is O=C1Nc2ccccc2C2(O)NC(=S)N(CCO)C12. The quantitative estimate of drug-likeness (QED) is 0.538. The number of para-hydroxylation sites is 1. The fraction of sp³-hybridized carbons (Fsp3) is 0.333. The lowest BCUT2D eigenvalue weighted by molar-refractivity contribution is -0.129. The van der Waals surface area contributed by atoms with Crippen molar-refractivity contribution in [2.75, 3.05) is 18.5 Å². The molecule has 2 unspecified atom stereocenters. The Hall–Kier alpha value is -1.70. The van der Waals surface area contributed by atoms with Crippen LogP contribution in [0.4, 0.5) is 5.69 Å². The molecule has 2 aliphatic heterocycles. The van der Waals surface area contributed by atoms with Crippen LogP contribution in [0.5, 0.6) is 0 Å². The molecule has 1 fully saturated rings. The molecule has 2 heterocycles. The normalized spacial score (nSPS) is 28.5. The van der Waals surface area contributed by atoms with Crippen molar-refractivity contribution in [1.29, 1.82) is 0 Å². The van der Waals surface area contributed by atoms with Crippen LogP contribution in [0.1, 0.15) is 5.56 Å². The maximum atomic E-state index is 12.2. The molecule has 7 heteroatoms.